The van der Waals surface area contributed by atoms with Gasteiger partial charge >= 0.3 is 6.03 Å². The van der Waals surface area contributed by atoms with Gasteiger partial charge in [-0.25, -0.2) is 9.78 Å². The van der Waals surface area contributed by atoms with E-state index in [9.17, 15) is 14.4 Å². The largest absolute Gasteiger partial charge is 0.338 e. The van der Waals surface area contributed by atoms with Crippen molar-refractivity contribution in [3.8, 4) is 0 Å². The third-order valence-corrected chi connectivity index (χ3v) is 5.10. The lowest BCUT2D eigenvalue weighted by Crippen LogP contribution is -2.42. The molecule has 2 rings (SSSR count). The number of hydrogen-bond acceptors (Lipinski definition) is 5. The number of para-hydroxylation sites is 1. The van der Waals surface area contributed by atoms with Crippen molar-refractivity contribution < 1.29 is 9.59 Å². The molecule has 140 valence electrons. The van der Waals surface area contributed by atoms with Gasteiger partial charge in [0.05, 0.1) is 16.2 Å². The molecule has 0 aliphatic rings. The molecule has 2 N–H and O–H groups in total. The molecule has 0 spiro atoms. The highest BCUT2D eigenvalue weighted by Gasteiger charge is 2.22. The number of thioether (sulfide) groups is 1. The maximum Gasteiger partial charge on any atom is 0.321 e. The molecule has 0 saturated carbocycles. The number of benzene rings is 1. The van der Waals surface area contributed by atoms with Gasteiger partial charge in [0.1, 0.15) is 0 Å². The number of rotatable bonds is 6. The predicted octanol–water partition coefficient (Wildman–Crippen LogP) is 2.69. The zero-order valence-electron chi connectivity index (χ0n) is 15.4. The molecule has 1 heterocycles. The SMILES string of the molecule is CCNC(=O)NC(=O)[C@H](C)Sc1nc2ccccc2c(=O)n1[C@@H](C)CC. The molecular weight excluding hydrogens is 352 g/mol. The van der Waals surface area contributed by atoms with Gasteiger partial charge < -0.3 is 5.32 Å². The van der Waals surface area contributed by atoms with Gasteiger partial charge in [-0.3, -0.25) is 19.5 Å². The molecule has 2 atom stereocenters. The summed E-state index contributed by atoms with van der Waals surface area (Å²) in [5.41, 5.74) is 0.472. The highest BCUT2D eigenvalue weighted by atomic mass is 32.2. The van der Waals surface area contributed by atoms with E-state index in [1.165, 1.54) is 11.8 Å². The van der Waals surface area contributed by atoms with Gasteiger partial charge in [0.25, 0.3) is 5.56 Å². The van der Waals surface area contributed by atoms with Gasteiger partial charge in [-0.2, -0.15) is 0 Å². The molecule has 0 saturated heterocycles. The summed E-state index contributed by atoms with van der Waals surface area (Å²) in [7, 11) is 0. The Labute approximate surface area is 156 Å². The number of fused-ring (bicyclic) bond motifs is 1. The van der Waals surface area contributed by atoms with Crippen molar-refractivity contribution in [2.45, 2.75) is 50.6 Å². The van der Waals surface area contributed by atoms with Gasteiger partial charge in [-0.15, -0.1) is 0 Å². The standard InChI is InChI=1S/C18H24N4O3S/c1-5-11(3)22-16(24)13-9-7-8-10-14(13)20-18(22)26-12(4)15(23)21-17(25)19-6-2/h7-12H,5-6H2,1-4H3,(H2,19,21,23,25)/t11-,12-/m0/s1. The van der Waals surface area contributed by atoms with Crippen molar-refractivity contribution in [2.75, 3.05) is 6.54 Å². The topological polar surface area (TPSA) is 93.1 Å². The molecule has 7 nitrogen and oxygen atoms in total. The molecule has 1 aromatic heterocycles. The average Bonchev–Trinajstić information content (AvgIpc) is 2.61. The van der Waals surface area contributed by atoms with Gasteiger partial charge in [-0.1, -0.05) is 30.8 Å². The monoisotopic (exact) mass is 376 g/mol. The summed E-state index contributed by atoms with van der Waals surface area (Å²) < 4.78 is 1.63. The van der Waals surface area contributed by atoms with Crippen molar-refractivity contribution in [1.29, 1.82) is 0 Å². The lowest BCUT2D eigenvalue weighted by Gasteiger charge is -2.20. The summed E-state index contributed by atoms with van der Waals surface area (Å²) in [5.74, 6) is -0.431. The lowest BCUT2D eigenvalue weighted by molar-refractivity contribution is -0.119. The zero-order valence-corrected chi connectivity index (χ0v) is 16.2. The van der Waals surface area contributed by atoms with Gasteiger partial charge in [0.15, 0.2) is 5.16 Å². The normalized spacial score (nSPS) is 13.2. The van der Waals surface area contributed by atoms with Crippen molar-refractivity contribution in [2.24, 2.45) is 0 Å². The molecule has 0 unspecified atom stereocenters. The third-order valence-electron chi connectivity index (χ3n) is 4.03. The summed E-state index contributed by atoms with van der Waals surface area (Å²) in [6, 6.07) is 6.57. The van der Waals surface area contributed by atoms with Crippen molar-refractivity contribution in [3.05, 3.63) is 34.6 Å². The Morgan fingerprint density at radius 1 is 1.23 bits per heavy atom. The molecule has 1 aromatic carbocycles. The van der Waals surface area contributed by atoms with Crippen molar-refractivity contribution in [1.82, 2.24) is 20.2 Å². The van der Waals surface area contributed by atoms with Crippen LogP contribution in [0.15, 0.2) is 34.2 Å². The van der Waals surface area contributed by atoms with Crippen LogP contribution in [0.3, 0.4) is 0 Å². The minimum absolute atomic E-state index is 0.0549. The van der Waals surface area contributed by atoms with E-state index in [1.54, 1.807) is 30.5 Å². The molecule has 8 heteroatoms. The third kappa shape index (κ3) is 4.43. The fourth-order valence-electron chi connectivity index (χ4n) is 2.41. The lowest BCUT2D eigenvalue weighted by atomic mass is 10.2. The van der Waals surface area contributed by atoms with Crippen LogP contribution < -0.4 is 16.2 Å². The Bertz CT molecular complexity index is 865. The Hall–Kier alpha value is -2.35. The second-order valence-corrected chi connectivity index (χ2v) is 7.26. The number of aromatic nitrogens is 2. The predicted molar refractivity (Wildman–Crippen MR) is 104 cm³/mol. The number of nitrogens with zero attached hydrogens (tertiary/aromatic N) is 2. The van der Waals surface area contributed by atoms with Gasteiger partial charge in [0.2, 0.25) is 5.91 Å². The van der Waals surface area contributed by atoms with E-state index < -0.39 is 17.2 Å². The number of carbonyl (C=O) groups is 2. The van der Waals surface area contributed by atoms with Crippen LogP contribution in [0.2, 0.25) is 0 Å². The molecule has 0 aliphatic heterocycles. The van der Waals surface area contributed by atoms with Crippen molar-refractivity contribution in [3.63, 3.8) is 0 Å². The molecule has 0 radical (unpaired) electrons. The first-order chi connectivity index (χ1) is 12.4. The van der Waals surface area contributed by atoms with E-state index in [0.29, 0.717) is 22.6 Å². The van der Waals surface area contributed by atoms with E-state index >= 15 is 0 Å². The van der Waals surface area contributed by atoms with Crippen LogP contribution in [0.25, 0.3) is 10.9 Å². The Morgan fingerprint density at radius 2 is 1.92 bits per heavy atom. The first-order valence-corrected chi connectivity index (χ1v) is 9.53. The summed E-state index contributed by atoms with van der Waals surface area (Å²) in [4.78, 5) is 41.3. The minimum atomic E-state index is -0.582. The maximum atomic E-state index is 12.9. The zero-order chi connectivity index (χ0) is 19.3. The molecular formula is C18H24N4O3S. The molecule has 0 aliphatic carbocycles. The Morgan fingerprint density at radius 3 is 2.58 bits per heavy atom. The van der Waals surface area contributed by atoms with Gasteiger partial charge in [0, 0.05) is 12.6 Å². The molecule has 2 aromatic rings. The van der Waals surface area contributed by atoms with Crippen LogP contribution in [0.1, 0.15) is 40.2 Å². The van der Waals surface area contributed by atoms with Crippen LogP contribution in [0.4, 0.5) is 4.79 Å². The number of imide groups is 1. The summed E-state index contributed by atoms with van der Waals surface area (Å²) in [5, 5.41) is 5.25. The number of hydrogen-bond donors (Lipinski definition) is 2. The van der Waals surface area contributed by atoms with E-state index in [0.717, 1.165) is 6.42 Å². The first kappa shape index (κ1) is 20.0. The summed E-state index contributed by atoms with van der Waals surface area (Å²) in [6.07, 6.45) is 0.757. The minimum Gasteiger partial charge on any atom is -0.338 e. The van der Waals surface area contributed by atoms with Gasteiger partial charge in [-0.05, 0) is 39.3 Å². The van der Waals surface area contributed by atoms with E-state index in [-0.39, 0.29) is 11.6 Å². The highest BCUT2D eigenvalue weighted by Crippen LogP contribution is 2.25. The second-order valence-electron chi connectivity index (χ2n) is 5.95. The quantitative estimate of drug-likeness (QED) is 0.597. The van der Waals surface area contributed by atoms with Crippen LogP contribution in [-0.2, 0) is 4.79 Å². The second kappa shape index (κ2) is 8.84. The smallest absolute Gasteiger partial charge is 0.321 e. The fourth-order valence-corrected chi connectivity index (χ4v) is 3.42. The van der Waals surface area contributed by atoms with Crippen LogP contribution >= 0.6 is 11.8 Å². The summed E-state index contributed by atoms with van der Waals surface area (Å²) >= 11 is 1.17. The van der Waals surface area contributed by atoms with Crippen LogP contribution in [0, 0.1) is 0 Å². The van der Waals surface area contributed by atoms with E-state index in [2.05, 4.69) is 15.6 Å². The summed E-state index contributed by atoms with van der Waals surface area (Å²) in [6.45, 7) is 7.82. The first-order valence-electron chi connectivity index (χ1n) is 8.65. The van der Waals surface area contributed by atoms with Crippen LogP contribution in [-0.4, -0.2) is 33.3 Å². The molecule has 26 heavy (non-hydrogen) atoms. The maximum absolute atomic E-state index is 12.9. The number of nitrogens with one attached hydrogen (secondary N) is 2. The Kier molecular flexibility index (Phi) is 6.79. The number of urea groups is 1. The molecule has 3 amide bonds. The van der Waals surface area contributed by atoms with Crippen molar-refractivity contribution >= 4 is 34.6 Å². The van der Waals surface area contributed by atoms with E-state index in [4.69, 9.17) is 0 Å². The van der Waals surface area contributed by atoms with Crippen LogP contribution in [0.5, 0.6) is 0 Å². The average molecular weight is 376 g/mol. The fraction of sp³-hybridized carbons (Fsp3) is 0.444. The Balaban J connectivity index is 2.37. The number of carbonyl (C=O) groups excluding carboxylic acids is 2. The molecule has 0 fully saturated rings. The molecule has 0 bridgehead atoms. The van der Waals surface area contributed by atoms with E-state index in [1.807, 2.05) is 26.0 Å². The number of amides is 3. The highest BCUT2D eigenvalue weighted by molar-refractivity contribution is 8.00.